The van der Waals surface area contributed by atoms with Crippen LogP contribution in [0.3, 0.4) is 0 Å². The fourth-order valence-electron chi connectivity index (χ4n) is 1.59. The van der Waals surface area contributed by atoms with Gasteiger partial charge in [0.1, 0.15) is 0 Å². The molecule has 1 atom stereocenters. The van der Waals surface area contributed by atoms with Gasteiger partial charge in [-0.3, -0.25) is 9.97 Å². The van der Waals surface area contributed by atoms with Crippen LogP contribution in [0.1, 0.15) is 29.9 Å². The number of nitrogens with zero attached hydrogens (tertiary/aromatic N) is 2. The summed E-state index contributed by atoms with van der Waals surface area (Å²) in [5.41, 5.74) is 3.18. The summed E-state index contributed by atoms with van der Waals surface area (Å²) in [6.07, 6.45) is 3.66. The Hall–Kier alpha value is -1.26. The van der Waals surface area contributed by atoms with E-state index in [0.29, 0.717) is 0 Å². The first-order valence-electron chi connectivity index (χ1n) is 5.35. The van der Waals surface area contributed by atoms with Crippen LogP contribution < -0.4 is 5.32 Å². The molecule has 0 spiro atoms. The molecule has 0 aliphatic rings. The van der Waals surface area contributed by atoms with E-state index in [4.69, 9.17) is 0 Å². The first-order valence-corrected chi connectivity index (χ1v) is 6.29. The third-order valence-corrected chi connectivity index (χ3v) is 3.08. The Morgan fingerprint density at radius 2 is 2.25 bits per heavy atom. The molecule has 0 amide bonds. The predicted octanol–water partition coefficient (Wildman–Crippen LogP) is 2.55. The van der Waals surface area contributed by atoms with Gasteiger partial charge in [0.2, 0.25) is 0 Å². The number of thiophene rings is 1. The molecule has 0 saturated carbocycles. The first-order chi connectivity index (χ1) is 7.81. The zero-order valence-electron chi connectivity index (χ0n) is 9.47. The van der Waals surface area contributed by atoms with Crippen LogP contribution in [0.4, 0.5) is 0 Å². The summed E-state index contributed by atoms with van der Waals surface area (Å²) in [5, 5.41) is 7.66. The Kier molecular flexibility index (Phi) is 3.64. The van der Waals surface area contributed by atoms with Gasteiger partial charge < -0.3 is 5.32 Å². The van der Waals surface area contributed by atoms with Crippen LogP contribution in [-0.4, -0.2) is 16.5 Å². The molecule has 0 aromatic carbocycles. The van der Waals surface area contributed by atoms with E-state index in [1.807, 2.05) is 19.3 Å². The summed E-state index contributed by atoms with van der Waals surface area (Å²) >= 11 is 1.70. The van der Waals surface area contributed by atoms with Gasteiger partial charge in [-0.05, 0) is 35.9 Å². The highest BCUT2D eigenvalue weighted by Crippen LogP contribution is 2.21. The van der Waals surface area contributed by atoms with E-state index >= 15 is 0 Å². The van der Waals surface area contributed by atoms with E-state index in [0.717, 1.165) is 17.9 Å². The van der Waals surface area contributed by atoms with Gasteiger partial charge in [0, 0.05) is 6.20 Å². The SMILES string of the molecule is CCNC(c1ccsc1)c1cnc(C)cn1. The lowest BCUT2D eigenvalue weighted by molar-refractivity contribution is 0.613. The van der Waals surface area contributed by atoms with Gasteiger partial charge >= 0.3 is 0 Å². The largest absolute Gasteiger partial charge is 0.305 e. The van der Waals surface area contributed by atoms with Crippen molar-refractivity contribution in [3.05, 3.63) is 46.2 Å². The summed E-state index contributed by atoms with van der Waals surface area (Å²) in [7, 11) is 0. The maximum atomic E-state index is 4.43. The fourth-order valence-corrected chi connectivity index (χ4v) is 2.27. The van der Waals surface area contributed by atoms with Gasteiger partial charge in [0.15, 0.2) is 0 Å². The van der Waals surface area contributed by atoms with Crippen LogP contribution in [0.25, 0.3) is 0 Å². The maximum absolute atomic E-state index is 4.43. The van der Waals surface area contributed by atoms with Crippen molar-refractivity contribution in [2.45, 2.75) is 19.9 Å². The molecule has 3 nitrogen and oxygen atoms in total. The molecule has 84 valence electrons. The average molecular weight is 233 g/mol. The molecular weight excluding hydrogens is 218 g/mol. The van der Waals surface area contributed by atoms with E-state index in [1.54, 1.807) is 11.3 Å². The third kappa shape index (κ3) is 2.46. The van der Waals surface area contributed by atoms with Crippen molar-refractivity contribution in [1.29, 1.82) is 0 Å². The number of aromatic nitrogens is 2. The van der Waals surface area contributed by atoms with Crippen molar-refractivity contribution in [3.63, 3.8) is 0 Å². The van der Waals surface area contributed by atoms with Crippen molar-refractivity contribution < 1.29 is 0 Å². The molecule has 2 aromatic heterocycles. The number of nitrogens with one attached hydrogen (secondary N) is 1. The lowest BCUT2D eigenvalue weighted by Gasteiger charge is -2.15. The number of aryl methyl sites for hydroxylation is 1. The summed E-state index contributed by atoms with van der Waals surface area (Å²) < 4.78 is 0. The Labute approximate surface area is 99.6 Å². The van der Waals surface area contributed by atoms with Crippen LogP contribution in [0, 0.1) is 6.92 Å². The molecule has 1 unspecified atom stereocenters. The Balaban J connectivity index is 2.29. The zero-order valence-corrected chi connectivity index (χ0v) is 10.3. The van der Waals surface area contributed by atoms with Gasteiger partial charge in [0.05, 0.1) is 23.6 Å². The molecule has 2 rings (SSSR count). The first kappa shape index (κ1) is 11.2. The van der Waals surface area contributed by atoms with Crippen molar-refractivity contribution in [2.75, 3.05) is 6.54 Å². The topological polar surface area (TPSA) is 37.8 Å². The summed E-state index contributed by atoms with van der Waals surface area (Å²) in [4.78, 5) is 8.73. The van der Waals surface area contributed by atoms with E-state index in [1.165, 1.54) is 5.56 Å². The number of hydrogen-bond donors (Lipinski definition) is 1. The number of hydrogen-bond acceptors (Lipinski definition) is 4. The third-order valence-electron chi connectivity index (χ3n) is 2.38. The Bertz CT molecular complexity index is 422. The second-order valence-corrected chi connectivity index (χ2v) is 4.41. The maximum Gasteiger partial charge on any atom is 0.0802 e. The lowest BCUT2D eigenvalue weighted by atomic mass is 10.1. The van der Waals surface area contributed by atoms with Gasteiger partial charge in [-0.1, -0.05) is 6.92 Å². The average Bonchev–Trinajstić information content (AvgIpc) is 2.81. The standard InChI is InChI=1S/C12H15N3S/c1-3-13-12(10-4-5-16-8-10)11-7-14-9(2)6-15-11/h4-8,12-13H,3H2,1-2H3. The molecule has 0 aliphatic carbocycles. The monoisotopic (exact) mass is 233 g/mol. The smallest absolute Gasteiger partial charge is 0.0802 e. The Morgan fingerprint density at radius 1 is 1.38 bits per heavy atom. The van der Waals surface area contributed by atoms with E-state index < -0.39 is 0 Å². The predicted molar refractivity (Wildman–Crippen MR) is 66.6 cm³/mol. The van der Waals surface area contributed by atoms with Gasteiger partial charge in [-0.2, -0.15) is 11.3 Å². The summed E-state index contributed by atoms with van der Waals surface area (Å²) in [6.45, 7) is 4.96. The molecule has 0 radical (unpaired) electrons. The zero-order chi connectivity index (χ0) is 11.4. The lowest BCUT2D eigenvalue weighted by Crippen LogP contribution is -2.22. The molecule has 0 bridgehead atoms. The second-order valence-electron chi connectivity index (χ2n) is 3.63. The molecule has 1 N–H and O–H groups in total. The van der Waals surface area contributed by atoms with Crippen molar-refractivity contribution in [1.82, 2.24) is 15.3 Å². The molecule has 2 heterocycles. The van der Waals surface area contributed by atoms with Gasteiger partial charge in [-0.15, -0.1) is 0 Å². The van der Waals surface area contributed by atoms with Crippen LogP contribution in [0.15, 0.2) is 29.2 Å². The number of rotatable bonds is 4. The highest BCUT2D eigenvalue weighted by atomic mass is 32.1. The normalized spacial score (nSPS) is 12.6. The van der Waals surface area contributed by atoms with E-state index in [2.05, 4.69) is 39.0 Å². The van der Waals surface area contributed by atoms with Crippen LogP contribution >= 0.6 is 11.3 Å². The highest BCUT2D eigenvalue weighted by Gasteiger charge is 2.14. The van der Waals surface area contributed by atoms with Crippen molar-refractivity contribution in [2.24, 2.45) is 0 Å². The van der Waals surface area contributed by atoms with Crippen molar-refractivity contribution >= 4 is 11.3 Å². The molecule has 4 heteroatoms. The quantitative estimate of drug-likeness (QED) is 0.882. The second kappa shape index (κ2) is 5.18. The summed E-state index contributed by atoms with van der Waals surface area (Å²) in [5.74, 6) is 0. The van der Waals surface area contributed by atoms with Crippen molar-refractivity contribution in [3.8, 4) is 0 Å². The molecule has 0 saturated heterocycles. The van der Waals surface area contributed by atoms with Gasteiger partial charge in [0.25, 0.3) is 0 Å². The molecule has 16 heavy (non-hydrogen) atoms. The van der Waals surface area contributed by atoms with E-state index in [9.17, 15) is 0 Å². The van der Waals surface area contributed by atoms with Crippen LogP contribution in [0.2, 0.25) is 0 Å². The van der Waals surface area contributed by atoms with Crippen LogP contribution in [0.5, 0.6) is 0 Å². The molecule has 0 aliphatic heterocycles. The van der Waals surface area contributed by atoms with Crippen LogP contribution in [-0.2, 0) is 0 Å². The molecular formula is C12H15N3S. The minimum Gasteiger partial charge on any atom is -0.305 e. The molecule has 2 aromatic rings. The fraction of sp³-hybridized carbons (Fsp3) is 0.333. The molecule has 0 fully saturated rings. The minimum atomic E-state index is 0.157. The van der Waals surface area contributed by atoms with E-state index in [-0.39, 0.29) is 6.04 Å². The Morgan fingerprint density at radius 3 is 2.81 bits per heavy atom. The minimum absolute atomic E-state index is 0.157. The summed E-state index contributed by atoms with van der Waals surface area (Å²) in [6, 6.07) is 2.28. The van der Waals surface area contributed by atoms with Gasteiger partial charge in [-0.25, -0.2) is 0 Å². The highest BCUT2D eigenvalue weighted by molar-refractivity contribution is 7.08.